The van der Waals surface area contributed by atoms with Crippen LogP contribution in [0.2, 0.25) is 0 Å². The SMILES string of the molecule is C=Cc1cccc(C(=C)NC(OCC)c2ccc(Br)cc2)c1C=C. The highest BCUT2D eigenvalue weighted by Crippen LogP contribution is 2.26. The van der Waals surface area contributed by atoms with Gasteiger partial charge >= 0.3 is 0 Å². The summed E-state index contributed by atoms with van der Waals surface area (Å²) in [5.74, 6) is 0. The zero-order valence-corrected chi connectivity index (χ0v) is 15.5. The van der Waals surface area contributed by atoms with Gasteiger partial charge in [-0.05, 0) is 30.2 Å². The third kappa shape index (κ3) is 4.25. The summed E-state index contributed by atoms with van der Waals surface area (Å²) >= 11 is 3.46. The number of rotatable bonds is 8. The van der Waals surface area contributed by atoms with Gasteiger partial charge in [0.2, 0.25) is 0 Å². The molecule has 0 aliphatic rings. The number of hydrogen-bond donors (Lipinski definition) is 1. The number of nitrogens with one attached hydrogen (secondary N) is 1. The van der Waals surface area contributed by atoms with E-state index in [2.05, 4.69) is 41.0 Å². The van der Waals surface area contributed by atoms with Crippen molar-refractivity contribution in [1.29, 1.82) is 0 Å². The van der Waals surface area contributed by atoms with Crippen LogP contribution in [0, 0.1) is 0 Å². The van der Waals surface area contributed by atoms with E-state index in [1.807, 2.05) is 61.5 Å². The lowest BCUT2D eigenvalue weighted by atomic mass is 9.99. The van der Waals surface area contributed by atoms with Crippen LogP contribution < -0.4 is 5.32 Å². The second kappa shape index (κ2) is 8.67. The van der Waals surface area contributed by atoms with Crippen molar-refractivity contribution in [2.24, 2.45) is 0 Å². The molecule has 0 fully saturated rings. The largest absolute Gasteiger partial charge is 0.356 e. The maximum Gasteiger partial charge on any atom is 0.153 e. The summed E-state index contributed by atoms with van der Waals surface area (Å²) in [5, 5.41) is 3.38. The van der Waals surface area contributed by atoms with Gasteiger partial charge < -0.3 is 10.1 Å². The summed E-state index contributed by atoms with van der Waals surface area (Å²) in [4.78, 5) is 0. The molecule has 2 rings (SSSR count). The normalized spacial score (nSPS) is 11.6. The lowest BCUT2D eigenvalue weighted by molar-refractivity contribution is 0.0498. The van der Waals surface area contributed by atoms with Gasteiger partial charge in [-0.25, -0.2) is 0 Å². The molecule has 124 valence electrons. The Bertz CT molecular complexity index is 734. The summed E-state index contributed by atoms with van der Waals surface area (Å²) in [6, 6.07) is 14.1. The summed E-state index contributed by atoms with van der Waals surface area (Å²) in [5.41, 5.74) is 4.86. The molecule has 1 atom stereocenters. The summed E-state index contributed by atoms with van der Waals surface area (Å²) in [7, 11) is 0. The standard InChI is InChI=1S/C21H22BrNO/c1-5-16-9-8-10-20(19(16)6-2)15(4)23-21(24-7-3)17-11-13-18(22)14-12-17/h5-6,8-14,21,23H,1-2,4,7H2,3H3. The van der Waals surface area contributed by atoms with Gasteiger partial charge in [0.25, 0.3) is 0 Å². The van der Waals surface area contributed by atoms with Gasteiger partial charge in [0.05, 0.1) is 0 Å². The van der Waals surface area contributed by atoms with E-state index < -0.39 is 0 Å². The summed E-state index contributed by atoms with van der Waals surface area (Å²) in [6.45, 7) is 14.5. The van der Waals surface area contributed by atoms with Crippen molar-refractivity contribution in [2.75, 3.05) is 6.61 Å². The lowest BCUT2D eigenvalue weighted by Gasteiger charge is -2.23. The van der Waals surface area contributed by atoms with Crippen LogP contribution in [-0.4, -0.2) is 6.61 Å². The fourth-order valence-corrected chi connectivity index (χ4v) is 2.78. The summed E-state index contributed by atoms with van der Waals surface area (Å²) < 4.78 is 6.89. The fourth-order valence-electron chi connectivity index (χ4n) is 2.51. The Balaban J connectivity index is 2.30. The van der Waals surface area contributed by atoms with Gasteiger partial charge in [-0.2, -0.15) is 0 Å². The second-order valence-electron chi connectivity index (χ2n) is 5.23. The molecule has 2 aromatic rings. The molecule has 0 aliphatic heterocycles. The van der Waals surface area contributed by atoms with Crippen LogP contribution in [0.5, 0.6) is 0 Å². The predicted molar refractivity (Wildman–Crippen MR) is 107 cm³/mol. The van der Waals surface area contributed by atoms with E-state index in [1.54, 1.807) is 0 Å². The molecule has 0 spiro atoms. The first-order valence-corrected chi connectivity index (χ1v) is 8.60. The Morgan fingerprint density at radius 2 is 1.88 bits per heavy atom. The number of ether oxygens (including phenoxy) is 1. The molecular weight excluding hydrogens is 362 g/mol. The van der Waals surface area contributed by atoms with Gasteiger partial charge in [-0.15, -0.1) is 0 Å². The minimum atomic E-state index is -0.263. The maximum atomic E-state index is 5.86. The molecule has 0 amide bonds. The zero-order valence-electron chi connectivity index (χ0n) is 13.9. The molecule has 0 bridgehead atoms. The Morgan fingerprint density at radius 3 is 2.46 bits per heavy atom. The Labute approximate surface area is 152 Å². The van der Waals surface area contributed by atoms with E-state index in [4.69, 9.17) is 4.74 Å². The van der Waals surface area contributed by atoms with Crippen LogP contribution in [0.3, 0.4) is 0 Å². The average Bonchev–Trinajstić information content (AvgIpc) is 2.61. The highest BCUT2D eigenvalue weighted by atomic mass is 79.9. The quantitative estimate of drug-likeness (QED) is 0.561. The van der Waals surface area contributed by atoms with Crippen molar-refractivity contribution >= 4 is 33.8 Å². The predicted octanol–water partition coefficient (Wildman–Crippen LogP) is 6.03. The molecule has 1 N–H and O–H groups in total. The average molecular weight is 384 g/mol. The van der Waals surface area contributed by atoms with Crippen LogP contribution in [0.4, 0.5) is 0 Å². The monoisotopic (exact) mass is 383 g/mol. The highest BCUT2D eigenvalue weighted by molar-refractivity contribution is 9.10. The molecule has 0 heterocycles. The van der Waals surface area contributed by atoms with Crippen molar-refractivity contribution in [3.05, 3.63) is 88.9 Å². The number of benzene rings is 2. The van der Waals surface area contributed by atoms with Crippen LogP contribution in [0.15, 0.2) is 66.7 Å². The van der Waals surface area contributed by atoms with Gasteiger partial charge in [-0.1, -0.05) is 78.2 Å². The molecule has 1 unspecified atom stereocenters. The molecule has 2 aromatic carbocycles. The molecule has 0 saturated carbocycles. The Kier molecular flexibility index (Phi) is 6.59. The first kappa shape index (κ1) is 18.2. The van der Waals surface area contributed by atoms with Crippen molar-refractivity contribution in [3.8, 4) is 0 Å². The van der Waals surface area contributed by atoms with Crippen LogP contribution in [-0.2, 0) is 4.74 Å². The minimum Gasteiger partial charge on any atom is -0.356 e. The highest BCUT2D eigenvalue weighted by Gasteiger charge is 2.14. The first-order chi connectivity index (χ1) is 11.6. The number of halogens is 1. The molecule has 3 heteroatoms. The first-order valence-electron chi connectivity index (χ1n) is 7.81. The molecule has 24 heavy (non-hydrogen) atoms. The summed E-state index contributed by atoms with van der Waals surface area (Å²) in [6.07, 6.45) is 3.39. The van der Waals surface area contributed by atoms with Crippen molar-refractivity contribution in [1.82, 2.24) is 5.32 Å². The van der Waals surface area contributed by atoms with E-state index in [9.17, 15) is 0 Å². The third-order valence-corrected chi connectivity index (χ3v) is 4.23. The van der Waals surface area contributed by atoms with E-state index >= 15 is 0 Å². The fraction of sp³-hybridized carbons (Fsp3) is 0.143. The molecule has 0 radical (unpaired) electrons. The number of hydrogen-bond acceptors (Lipinski definition) is 2. The lowest BCUT2D eigenvalue weighted by Crippen LogP contribution is -2.22. The Hall–Kier alpha value is -2.10. The third-order valence-electron chi connectivity index (χ3n) is 3.70. The van der Waals surface area contributed by atoms with Crippen molar-refractivity contribution < 1.29 is 4.74 Å². The molecule has 2 nitrogen and oxygen atoms in total. The smallest absolute Gasteiger partial charge is 0.153 e. The Morgan fingerprint density at radius 1 is 1.17 bits per heavy atom. The second-order valence-corrected chi connectivity index (χ2v) is 6.14. The van der Waals surface area contributed by atoms with Gasteiger partial charge in [0.15, 0.2) is 6.23 Å². The van der Waals surface area contributed by atoms with Crippen molar-refractivity contribution in [2.45, 2.75) is 13.2 Å². The van der Waals surface area contributed by atoms with E-state index in [0.717, 1.165) is 32.4 Å². The zero-order chi connectivity index (χ0) is 17.5. The molecule has 0 aromatic heterocycles. The maximum absolute atomic E-state index is 5.86. The molecular formula is C21H22BrNO. The van der Waals surface area contributed by atoms with Gasteiger partial charge in [0.1, 0.15) is 0 Å². The minimum absolute atomic E-state index is 0.263. The van der Waals surface area contributed by atoms with Crippen LogP contribution >= 0.6 is 15.9 Å². The van der Waals surface area contributed by atoms with Crippen LogP contribution in [0.1, 0.15) is 35.4 Å². The molecule has 0 aliphatic carbocycles. The van der Waals surface area contributed by atoms with Crippen molar-refractivity contribution in [3.63, 3.8) is 0 Å². The topological polar surface area (TPSA) is 21.3 Å². The van der Waals surface area contributed by atoms with Gasteiger partial charge in [-0.3, -0.25) is 0 Å². The van der Waals surface area contributed by atoms with Crippen LogP contribution in [0.25, 0.3) is 17.8 Å². The van der Waals surface area contributed by atoms with E-state index in [0.29, 0.717) is 6.61 Å². The van der Waals surface area contributed by atoms with Gasteiger partial charge in [0, 0.05) is 27.9 Å². The van der Waals surface area contributed by atoms with E-state index in [1.165, 1.54) is 0 Å². The van der Waals surface area contributed by atoms with E-state index in [-0.39, 0.29) is 6.23 Å². The molecule has 0 saturated heterocycles.